The predicted octanol–water partition coefficient (Wildman–Crippen LogP) is 3.62. The van der Waals surface area contributed by atoms with Crippen molar-refractivity contribution < 1.29 is 4.79 Å². The minimum atomic E-state index is -0.176. The molecule has 1 heterocycles. The lowest BCUT2D eigenvalue weighted by atomic mass is 10.1. The molecule has 2 rings (SSSR count). The van der Waals surface area contributed by atoms with E-state index in [1.807, 2.05) is 37.8 Å². The minimum Gasteiger partial charge on any atom is -0.342 e. The molecule has 1 aromatic heterocycles. The van der Waals surface area contributed by atoms with E-state index in [4.69, 9.17) is 0 Å². The van der Waals surface area contributed by atoms with Crippen LogP contribution in [-0.4, -0.2) is 43.9 Å². The molecule has 1 aromatic carbocycles. The SMILES string of the molecule is CCN(CC)C(=O)C(C)Sc1nnc(-c2cccc(C)c2)n1CC. The van der Waals surface area contributed by atoms with Crippen LogP contribution in [0.25, 0.3) is 11.4 Å². The Balaban J connectivity index is 2.25. The van der Waals surface area contributed by atoms with Crippen molar-refractivity contribution in [1.29, 1.82) is 0 Å². The van der Waals surface area contributed by atoms with Gasteiger partial charge < -0.3 is 9.47 Å². The van der Waals surface area contributed by atoms with Crippen molar-refractivity contribution in [1.82, 2.24) is 19.7 Å². The molecule has 1 unspecified atom stereocenters. The highest BCUT2D eigenvalue weighted by Gasteiger charge is 2.23. The van der Waals surface area contributed by atoms with Gasteiger partial charge in [-0.15, -0.1) is 10.2 Å². The van der Waals surface area contributed by atoms with Crippen LogP contribution < -0.4 is 0 Å². The van der Waals surface area contributed by atoms with Crippen molar-refractivity contribution in [3.05, 3.63) is 29.8 Å². The van der Waals surface area contributed by atoms with Crippen LogP contribution in [-0.2, 0) is 11.3 Å². The van der Waals surface area contributed by atoms with E-state index >= 15 is 0 Å². The van der Waals surface area contributed by atoms with Gasteiger partial charge in [0.25, 0.3) is 0 Å². The van der Waals surface area contributed by atoms with Crippen LogP contribution in [0.1, 0.15) is 33.3 Å². The summed E-state index contributed by atoms with van der Waals surface area (Å²) in [5, 5.41) is 9.31. The lowest BCUT2D eigenvalue weighted by Crippen LogP contribution is -2.36. The molecular weight excluding hydrogens is 320 g/mol. The number of amides is 1. The van der Waals surface area contributed by atoms with Crippen LogP contribution in [0.4, 0.5) is 0 Å². The van der Waals surface area contributed by atoms with E-state index in [0.717, 1.165) is 36.2 Å². The van der Waals surface area contributed by atoms with Crippen molar-refractivity contribution in [2.24, 2.45) is 0 Å². The number of nitrogens with zero attached hydrogens (tertiary/aromatic N) is 4. The van der Waals surface area contributed by atoms with Gasteiger partial charge >= 0.3 is 0 Å². The van der Waals surface area contributed by atoms with Crippen molar-refractivity contribution in [2.45, 2.75) is 51.6 Å². The molecule has 0 fully saturated rings. The number of hydrogen-bond acceptors (Lipinski definition) is 4. The van der Waals surface area contributed by atoms with E-state index in [1.54, 1.807) is 0 Å². The smallest absolute Gasteiger partial charge is 0.235 e. The van der Waals surface area contributed by atoms with Crippen molar-refractivity contribution >= 4 is 17.7 Å². The second kappa shape index (κ2) is 8.33. The van der Waals surface area contributed by atoms with Gasteiger partial charge in [-0.3, -0.25) is 4.79 Å². The molecule has 6 heteroatoms. The second-order valence-corrected chi connectivity index (χ2v) is 7.00. The van der Waals surface area contributed by atoms with Gasteiger partial charge in [0, 0.05) is 25.2 Å². The standard InChI is InChI=1S/C18H26N4OS/c1-6-21(7-2)17(23)14(5)24-18-20-19-16(22(18)8-3)15-11-9-10-13(4)12-15/h9-12,14H,6-8H2,1-5H3. The van der Waals surface area contributed by atoms with Crippen LogP contribution >= 0.6 is 11.8 Å². The highest BCUT2D eigenvalue weighted by molar-refractivity contribution is 8.00. The summed E-state index contributed by atoms with van der Waals surface area (Å²) in [6, 6.07) is 8.24. The number of rotatable bonds is 7. The van der Waals surface area contributed by atoms with Crippen molar-refractivity contribution in [3.8, 4) is 11.4 Å². The summed E-state index contributed by atoms with van der Waals surface area (Å²) in [4.78, 5) is 14.3. The Morgan fingerprint density at radius 3 is 2.54 bits per heavy atom. The number of aryl methyl sites for hydroxylation is 1. The summed E-state index contributed by atoms with van der Waals surface area (Å²) in [5.41, 5.74) is 2.25. The summed E-state index contributed by atoms with van der Waals surface area (Å²) in [7, 11) is 0. The molecule has 1 amide bonds. The molecule has 0 saturated heterocycles. The van der Waals surface area contributed by atoms with Gasteiger partial charge in [-0.1, -0.05) is 35.5 Å². The van der Waals surface area contributed by atoms with Gasteiger partial charge in [-0.2, -0.15) is 0 Å². The molecule has 0 saturated carbocycles. The molecule has 0 aliphatic carbocycles. The summed E-state index contributed by atoms with van der Waals surface area (Å²) < 4.78 is 2.07. The average molecular weight is 347 g/mol. The third kappa shape index (κ3) is 3.98. The first-order valence-electron chi connectivity index (χ1n) is 8.47. The quantitative estimate of drug-likeness (QED) is 0.719. The Kier molecular flexibility index (Phi) is 6.43. The topological polar surface area (TPSA) is 51.0 Å². The lowest BCUT2D eigenvalue weighted by Gasteiger charge is -2.22. The highest BCUT2D eigenvalue weighted by atomic mass is 32.2. The van der Waals surface area contributed by atoms with E-state index in [2.05, 4.69) is 40.7 Å². The number of hydrogen-bond donors (Lipinski definition) is 0. The Bertz CT molecular complexity index is 694. The maximum Gasteiger partial charge on any atom is 0.235 e. The number of thioether (sulfide) groups is 1. The molecule has 0 bridgehead atoms. The zero-order valence-corrected chi connectivity index (χ0v) is 15.9. The van der Waals surface area contributed by atoms with Gasteiger partial charge in [0.1, 0.15) is 0 Å². The highest BCUT2D eigenvalue weighted by Crippen LogP contribution is 2.27. The number of carbonyl (C=O) groups is 1. The molecule has 1 atom stereocenters. The molecule has 5 nitrogen and oxygen atoms in total. The number of benzene rings is 1. The third-order valence-electron chi connectivity index (χ3n) is 4.01. The summed E-state index contributed by atoms with van der Waals surface area (Å²) in [6.45, 7) is 12.3. The third-order valence-corrected chi connectivity index (χ3v) is 5.08. The van der Waals surface area contributed by atoms with E-state index in [-0.39, 0.29) is 11.2 Å². The summed E-state index contributed by atoms with van der Waals surface area (Å²) >= 11 is 1.48. The molecule has 0 aliphatic heterocycles. The molecule has 130 valence electrons. The maximum atomic E-state index is 12.5. The van der Waals surface area contributed by atoms with Crippen LogP contribution in [0.3, 0.4) is 0 Å². The van der Waals surface area contributed by atoms with Gasteiger partial charge in [-0.05, 0) is 40.7 Å². The Labute approximate surface area is 148 Å². The molecule has 0 radical (unpaired) electrons. The molecular formula is C18H26N4OS. The first-order valence-corrected chi connectivity index (χ1v) is 9.35. The largest absolute Gasteiger partial charge is 0.342 e. The predicted molar refractivity (Wildman–Crippen MR) is 99.1 cm³/mol. The lowest BCUT2D eigenvalue weighted by molar-refractivity contribution is -0.129. The normalized spacial score (nSPS) is 12.2. The Morgan fingerprint density at radius 2 is 1.96 bits per heavy atom. The van der Waals surface area contributed by atoms with Crippen LogP contribution in [0, 0.1) is 6.92 Å². The zero-order chi connectivity index (χ0) is 17.7. The van der Waals surface area contributed by atoms with E-state index in [9.17, 15) is 4.79 Å². The summed E-state index contributed by atoms with van der Waals surface area (Å²) in [5.74, 6) is 0.999. The molecule has 24 heavy (non-hydrogen) atoms. The molecule has 2 aromatic rings. The van der Waals surface area contributed by atoms with E-state index < -0.39 is 0 Å². The monoisotopic (exact) mass is 346 g/mol. The Hall–Kier alpha value is -1.82. The van der Waals surface area contributed by atoms with E-state index in [1.165, 1.54) is 17.3 Å². The maximum absolute atomic E-state index is 12.5. The van der Waals surface area contributed by atoms with Crippen LogP contribution in [0.15, 0.2) is 29.4 Å². The van der Waals surface area contributed by atoms with E-state index in [0.29, 0.717) is 0 Å². The number of carbonyl (C=O) groups excluding carboxylic acids is 1. The molecule has 0 aliphatic rings. The molecule has 0 spiro atoms. The number of aromatic nitrogens is 3. The van der Waals surface area contributed by atoms with Gasteiger partial charge in [0.15, 0.2) is 11.0 Å². The first-order chi connectivity index (χ1) is 11.5. The fourth-order valence-corrected chi connectivity index (χ4v) is 3.66. The fourth-order valence-electron chi connectivity index (χ4n) is 2.66. The van der Waals surface area contributed by atoms with Crippen molar-refractivity contribution in [3.63, 3.8) is 0 Å². The zero-order valence-electron chi connectivity index (χ0n) is 15.1. The fraction of sp³-hybridized carbons (Fsp3) is 0.500. The Morgan fingerprint density at radius 1 is 1.25 bits per heavy atom. The summed E-state index contributed by atoms with van der Waals surface area (Å²) in [6.07, 6.45) is 0. The van der Waals surface area contributed by atoms with Crippen LogP contribution in [0.2, 0.25) is 0 Å². The van der Waals surface area contributed by atoms with Gasteiger partial charge in [0.05, 0.1) is 5.25 Å². The molecule has 0 N–H and O–H groups in total. The van der Waals surface area contributed by atoms with Gasteiger partial charge in [-0.25, -0.2) is 0 Å². The second-order valence-electron chi connectivity index (χ2n) is 5.69. The van der Waals surface area contributed by atoms with Gasteiger partial charge in [0.2, 0.25) is 5.91 Å². The average Bonchev–Trinajstić information content (AvgIpc) is 2.98. The minimum absolute atomic E-state index is 0.146. The first kappa shape index (κ1) is 18.5. The van der Waals surface area contributed by atoms with Crippen LogP contribution in [0.5, 0.6) is 0 Å². The van der Waals surface area contributed by atoms with Crippen molar-refractivity contribution in [2.75, 3.05) is 13.1 Å².